The molecule has 5 nitrogen and oxygen atoms in total. The van der Waals surface area contributed by atoms with Crippen molar-refractivity contribution in [1.82, 2.24) is 4.98 Å². The largest absolute Gasteiger partial charge is 0.477 e. The van der Waals surface area contributed by atoms with E-state index in [2.05, 4.69) is 10.3 Å². The number of hydrogen-bond donors (Lipinski definition) is 2. The van der Waals surface area contributed by atoms with Crippen LogP contribution in [-0.2, 0) is 0 Å². The Bertz CT molecular complexity index is 607. The predicted octanol–water partition coefficient (Wildman–Crippen LogP) is 2.40. The molecule has 2 N–H and O–H groups in total. The van der Waals surface area contributed by atoms with Gasteiger partial charge in [0.2, 0.25) is 0 Å². The molecule has 0 aliphatic rings. The molecule has 2 aromatic rings. The summed E-state index contributed by atoms with van der Waals surface area (Å²) in [7, 11) is 0. The van der Waals surface area contributed by atoms with Crippen molar-refractivity contribution in [3.63, 3.8) is 0 Å². The van der Waals surface area contributed by atoms with E-state index in [1.165, 1.54) is 6.20 Å². The van der Waals surface area contributed by atoms with Crippen LogP contribution in [0, 0.1) is 6.92 Å². The number of aromatic carboxylic acids is 1. The van der Waals surface area contributed by atoms with Gasteiger partial charge >= 0.3 is 5.97 Å². The van der Waals surface area contributed by atoms with Crippen LogP contribution in [0.5, 0.6) is 0 Å². The van der Waals surface area contributed by atoms with E-state index in [1.807, 2.05) is 0 Å². The van der Waals surface area contributed by atoms with E-state index in [1.54, 1.807) is 30.5 Å². The van der Waals surface area contributed by atoms with E-state index < -0.39 is 5.97 Å². The average molecular weight is 262 g/mol. The third kappa shape index (κ3) is 2.54. The Labute approximate surface area is 107 Å². The number of amides is 1. The highest BCUT2D eigenvalue weighted by Gasteiger charge is 2.14. The van der Waals surface area contributed by atoms with Crippen LogP contribution in [0.1, 0.15) is 25.7 Å². The molecule has 0 bridgehead atoms. The van der Waals surface area contributed by atoms with Gasteiger partial charge in [0, 0.05) is 17.5 Å². The molecule has 0 saturated carbocycles. The average Bonchev–Trinajstić information content (AvgIpc) is 2.77. The standard InChI is InChI=1S/C12H10N2O3S/c1-7-6-8(2-4-13-7)11(15)14-9-3-5-18-10(9)12(16)17/h2-6H,1H3,(H,14,15)(H,16,17). The number of carboxylic acid groups (broad SMARTS) is 1. The zero-order chi connectivity index (χ0) is 13.1. The number of hydrogen-bond acceptors (Lipinski definition) is 4. The van der Waals surface area contributed by atoms with E-state index in [9.17, 15) is 9.59 Å². The minimum atomic E-state index is -1.05. The quantitative estimate of drug-likeness (QED) is 0.890. The van der Waals surface area contributed by atoms with Gasteiger partial charge in [-0.25, -0.2) is 4.79 Å². The van der Waals surface area contributed by atoms with Gasteiger partial charge in [0.1, 0.15) is 4.88 Å². The third-order valence-corrected chi connectivity index (χ3v) is 3.17. The number of carbonyl (C=O) groups excluding carboxylic acids is 1. The van der Waals surface area contributed by atoms with Crippen molar-refractivity contribution < 1.29 is 14.7 Å². The second kappa shape index (κ2) is 4.97. The molecule has 0 radical (unpaired) electrons. The van der Waals surface area contributed by atoms with Crippen molar-refractivity contribution in [2.75, 3.05) is 5.32 Å². The van der Waals surface area contributed by atoms with E-state index in [4.69, 9.17) is 5.11 Å². The number of anilines is 1. The molecular weight excluding hydrogens is 252 g/mol. The summed E-state index contributed by atoms with van der Waals surface area (Å²) in [4.78, 5) is 26.9. The van der Waals surface area contributed by atoms with Crippen LogP contribution in [0.25, 0.3) is 0 Å². The molecule has 2 heterocycles. The Balaban J connectivity index is 2.21. The molecule has 0 aliphatic carbocycles. The maximum atomic E-state index is 11.9. The lowest BCUT2D eigenvalue weighted by Gasteiger charge is -2.04. The molecule has 0 aromatic carbocycles. The maximum absolute atomic E-state index is 11.9. The van der Waals surface area contributed by atoms with Gasteiger partial charge in [-0.1, -0.05) is 0 Å². The molecular formula is C12H10N2O3S. The molecule has 6 heteroatoms. The molecule has 92 valence electrons. The minimum absolute atomic E-state index is 0.120. The van der Waals surface area contributed by atoms with Gasteiger partial charge in [-0.3, -0.25) is 9.78 Å². The Morgan fingerprint density at radius 3 is 2.83 bits per heavy atom. The van der Waals surface area contributed by atoms with Crippen molar-refractivity contribution >= 4 is 28.9 Å². The number of carboxylic acids is 1. The number of aromatic nitrogens is 1. The first-order chi connectivity index (χ1) is 8.58. The first-order valence-corrected chi connectivity index (χ1v) is 6.00. The maximum Gasteiger partial charge on any atom is 0.348 e. The van der Waals surface area contributed by atoms with Crippen LogP contribution >= 0.6 is 11.3 Å². The summed E-state index contributed by atoms with van der Waals surface area (Å²) in [5, 5.41) is 13.1. The lowest BCUT2D eigenvalue weighted by molar-refractivity contribution is 0.0703. The second-order valence-corrected chi connectivity index (χ2v) is 4.52. The summed E-state index contributed by atoms with van der Waals surface area (Å²) in [5.74, 6) is -1.40. The van der Waals surface area contributed by atoms with Crippen molar-refractivity contribution in [3.05, 3.63) is 45.9 Å². The summed E-state index contributed by atoms with van der Waals surface area (Å²) in [6, 6.07) is 4.79. The lowest BCUT2D eigenvalue weighted by Crippen LogP contribution is -2.13. The smallest absolute Gasteiger partial charge is 0.348 e. The number of nitrogens with zero attached hydrogens (tertiary/aromatic N) is 1. The van der Waals surface area contributed by atoms with E-state index in [-0.39, 0.29) is 10.8 Å². The molecule has 1 amide bonds. The molecule has 0 spiro atoms. The van der Waals surface area contributed by atoms with Gasteiger partial charge in [0.15, 0.2) is 0 Å². The van der Waals surface area contributed by atoms with E-state index in [0.29, 0.717) is 11.3 Å². The number of pyridine rings is 1. The Kier molecular flexibility index (Phi) is 3.38. The minimum Gasteiger partial charge on any atom is -0.477 e. The van der Waals surface area contributed by atoms with Crippen LogP contribution in [-0.4, -0.2) is 22.0 Å². The Morgan fingerprint density at radius 1 is 1.39 bits per heavy atom. The van der Waals surface area contributed by atoms with Gasteiger partial charge in [-0.05, 0) is 30.5 Å². The summed E-state index contributed by atoms with van der Waals surface area (Å²) in [5.41, 5.74) is 1.49. The van der Waals surface area contributed by atoms with Crippen LogP contribution in [0.2, 0.25) is 0 Å². The van der Waals surface area contributed by atoms with Crippen LogP contribution < -0.4 is 5.32 Å². The summed E-state index contributed by atoms with van der Waals surface area (Å²) in [6.45, 7) is 1.78. The molecule has 2 rings (SSSR count). The monoisotopic (exact) mass is 262 g/mol. The Hall–Kier alpha value is -2.21. The van der Waals surface area contributed by atoms with Gasteiger partial charge in [0.25, 0.3) is 5.91 Å². The summed E-state index contributed by atoms with van der Waals surface area (Å²) < 4.78 is 0. The second-order valence-electron chi connectivity index (χ2n) is 3.61. The van der Waals surface area contributed by atoms with Crippen LogP contribution in [0.15, 0.2) is 29.8 Å². The third-order valence-electron chi connectivity index (χ3n) is 2.27. The predicted molar refractivity (Wildman–Crippen MR) is 68.2 cm³/mol. The number of rotatable bonds is 3. The number of thiophene rings is 1. The normalized spacial score (nSPS) is 10.1. The number of carbonyl (C=O) groups is 2. The van der Waals surface area contributed by atoms with Gasteiger partial charge in [-0.2, -0.15) is 0 Å². The highest BCUT2D eigenvalue weighted by molar-refractivity contribution is 7.12. The van der Waals surface area contributed by atoms with Crippen LogP contribution in [0.4, 0.5) is 5.69 Å². The zero-order valence-electron chi connectivity index (χ0n) is 9.51. The first kappa shape index (κ1) is 12.3. The highest BCUT2D eigenvalue weighted by atomic mass is 32.1. The molecule has 0 saturated heterocycles. The van der Waals surface area contributed by atoms with Crippen molar-refractivity contribution in [1.29, 1.82) is 0 Å². The zero-order valence-corrected chi connectivity index (χ0v) is 10.3. The fourth-order valence-corrected chi connectivity index (χ4v) is 2.14. The lowest BCUT2D eigenvalue weighted by atomic mass is 10.2. The topological polar surface area (TPSA) is 79.3 Å². The molecule has 0 aliphatic heterocycles. The van der Waals surface area contributed by atoms with E-state index >= 15 is 0 Å². The molecule has 2 aromatic heterocycles. The molecule has 0 unspecified atom stereocenters. The van der Waals surface area contributed by atoms with Gasteiger partial charge in [-0.15, -0.1) is 11.3 Å². The molecule has 18 heavy (non-hydrogen) atoms. The van der Waals surface area contributed by atoms with Crippen LogP contribution in [0.3, 0.4) is 0 Å². The first-order valence-electron chi connectivity index (χ1n) is 5.12. The highest BCUT2D eigenvalue weighted by Crippen LogP contribution is 2.22. The van der Waals surface area contributed by atoms with Crippen molar-refractivity contribution in [2.24, 2.45) is 0 Å². The van der Waals surface area contributed by atoms with Crippen molar-refractivity contribution in [2.45, 2.75) is 6.92 Å². The summed E-state index contributed by atoms with van der Waals surface area (Å²) >= 11 is 1.07. The van der Waals surface area contributed by atoms with Gasteiger partial charge < -0.3 is 10.4 Å². The fourth-order valence-electron chi connectivity index (χ4n) is 1.45. The number of aryl methyl sites for hydroxylation is 1. The summed E-state index contributed by atoms with van der Waals surface area (Å²) in [6.07, 6.45) is 1.54. The molecule has 0 fully saturated rings. The molecule has 0 atom stereocenters. The van der Waals surface area contributed by atoms with Crippen molar-refractivity contribution in [3.8, 4) is 0 Å². The number of nitrogens with one attached hydrogen (secondary N) is 1. The fraction of sp³-hybridized carbons (Fsp3) is 0.0833. The van der Waals surface area contributed by atoms with Gasteiger partial charge in [0.05, 0.1) is 5.69 Å². The van der Waals surface area contributed by atoms with E-state index in [0.717, 1.165) is 17.0 Å². The SMILES string of the molecule is Cc1cc(C(=O)Nc2ccsc2C(=O)O)ccn1. The Morgan fingerprint density at radius 2 is 2.17 bits per heavy atom.